The molecule has 0 saturated carbocycles. The highest BCUT2D eigenvalue weighted by Crippen LogP contribution is 2.19. The van der Waals surface area contributed by atoms with E-state index >= 15 is 0 Å². The molecule has 0 unspecified atom stereocenters. The third kappa shape index (κ3) is 4.14. The molecule has 1 amide bonds. The van der Waals surface area contributed by atoms with Crippen LogP contribution >= 0.6 is 0 Å². The normalized spacial score (nSPS) is 15.3. The Morgan fingerprint density at radius 2 is 2.18 bits per heavy atom. The molecule has 1 saturated heterocycles. The fraction of sp³-hybridized carbons (Fsp3) is 0.438. The van der Waals surface area contributed by atoms with Crippen LogP contribution in [-0.4, -0.2) is 35.4 Å². The smallest absolute Gasteiger partial charge is 0.269 e. The quantitative estimate of drug-likeness (QED) is 0.496. The van der Waals surface area contributed by atoms with Crippen LogP contribution in [0, 0.1) is 16.0 Å². The van der Waals surface area contributed by atoms with Crippen molar-refractivity contribution in [2.45, 2.75) is 19.4 Å². The molecule has 6 heteroatoms. The Bertz CT molecular complexity index is 553. The van der Waals surface area contributed by atoms with Gasteiger partial charge in [0.05, 0.1) is 4.92 Å². The molecule has 0 bridgehead atoms. The molecule has 1 aliphatic rings. The lowest BCUT2D eigenvalue weighted by atomic mass is 9.96. The van der Waals surface area contributed by atoms with Crippen molar-refractivity contribution in [1.82, 2.24) is 10.2 Å². The number of carbonyl (C=O) groups is 1. The maximum Gasteiger partial charge on any atom is 0.269 e. The Hall–Kier alpha value is -2.21. The van der Waals surface area contributed by atoms with Crippen molar-refractivity contribution in [1.29, 1.82) is 0 Å². The largest absolute Gasteiger partial charge is 0.334 e. The van der Waals surface area contributed by atoms with E-state index in [4.69, 9.17) is 0 Å². The van der Waals surface area contributed by atoms with Crippen LogP contribution in [0.2, 0.25) is 0 Å². The summed E-state index contributed by atoms with van der Waals surface area (Å²) in [5, 5.41) is 14.1. The fourth-order valence-electron chi connectivity index (χ4n) is 2.70. The van der Waals surface area contributed by atoms with Crippen LogP contribution in [-0.2, 0) is 11.3 Å². The molecule has 1 fully saturated rings. The van der Waals surface area contributed by atoms with Crippen molar-refractivity contribution in [2.75, 3.05) is 19.6 Å². The molecular formula is C16H21N3O3. The number of nitro groups is 1. The topological polar surface area (TPSA) is 75.5 Å². The minimum atomic E-state index is -0.421. The fourth-order valence-corrected chi connectivity index (χ4v) is 2.70. The number of hydrogen-bond donors (Lipinski definition) is 1. The van der Waals surface area contributed by atoms with Gasteiger partial charge in [-0.1, -0.05) is 18.2 Å². The van der Waals surface area contributed by atoms with Crippen LogP contribution in [0.25, 0.3) is 0 Å². The average molecular weight is 303 g/mol. The minimum Gasteiger partial charge on any atom is -0.334 e. The summed E-state index contributed by atoms with van der Waals surface area (Å²) < 4.78 is 0. The van der Waals surface area contributed by atoms with Crippen molar-refractivity contribution in [3.05, 3.63) is 52.6 Å². The first kappa shape index (κ1) is 16.2. The number of nitrogens with one attached hydrogen (secondary N) is 1. The Balaban J connectivity index is 2.10. The highest BCUT2D eigenvalue weighted by molar-refractivity contribution is 5.79. The molecule has 1 N–H and O–H groups in total. The summed E-state index contributed by atoms with van der Waals surface area (Å²) in [5.74, 6) is 0.132. The number of hydrogen-bond acceptors (Lipinski definition) is 4. The van der Waals surface area contributed by atoms with Crippen LogP contribution < -0.4 is 5.32 Å². The van der Waals surface area contributed by atoms with E-state index in [2.05, 4.69) is 11.9 Å². The summed E-state index contributed by atoms with van der Waals surface area (Å²) in [5.41, 5.74) is 0.809. The highest BCUT2D eigenvalue weighted by atomic mass is 16.6. The third-order valence-corrected chi connectivity index (χ3v) is 3.84. The van der Waals surface area contributed by atoms with Gasteiger partial charge in [0.2, 0.25) is 5.91 Å². The van der Waals surface area contributed by atoms with Crippen LogP contribution in [0.4, 0.5) is 5.69 Å². The second-order valence-electron chi connectivity index (χ2n) is 5.46. The first-order valence-electron chi connectivity index (χ1n) is 7.45. The maximum atomic E-state index is 12.6. The Morgan fingerprint density at radius 3 is 2.82 bits per heavy atom. The lowest BCUT2D eigenvalue weighted by Gasteiger charge is -2.29. The summed E-state index contributed by atoms with van der Waals surface area (Å²) in [7, 11) is 0. The number of piperidine rings is 1. The zero-order valence-electron chi connectivity index (χ0n) is 12.5. The molecule has 6 nitrogen and oxygen atoms in total. The third-order valence-electron chi connectivity index (χ3n) is 3.84. The molecule has 2 rings (SSSR count). The van der Waals surface area contributed by atoms with E-state index in [-0.39, 0.29) is 17.5 Å². The van der Waals surface area contributed by atoms with Gasteiger partial charge in [-0.15, -0.1) is 6.58 Å². The van der Waals surface area contributed by atoms with Crippen molar-refractivity contribution in [3.63, 3.8) is 0 Å². The highest BCUT2D eigenvalue weighted by Gasteiger charge is 2.25. The molecule has 0 radical (unpaired) electrons. The second kappa shape index (κ2) is 7.70. The van der Waals surface area contributed by atoms with Crippen molar-refractivity contribution >= 4 is 11.6 Å². The van der Waals surface area contributed by atoms with Gasteiger partial charge in [0.25, 0.3) is 5.69 Å². The van der Waals surface area contributed by atoms with E-state index < -0.39 is 4.92 Å². The molecule has 1 aromatic carbocycles. The van der Waals surface area contributed by atoms with E-state index in [1.165, 1.54) is 12.1 Å². The van der Waals surface area contributed by atoms with E-state index in [0.717, 1.165) is 31.5 Å². The Morgan fingerprint density at radius 1 is 1.45 bits per heavy atom. The van der Waals surface area contributed by atoms with E-state index in [9.17, 15) is 14.9 Å². The lowest BCUT2D eigenvalue weighted by Crippen LogP contribution is -2.40. The van der Waals surface area contributed by atoms with Gasteiger partial charge in [-0.25, -0.2) is 0 Å². The predicted octanol–water partition coefficient (Wildman–Crippen LogP) is 2.11. The predicted molar refractivity (Wildman–Crippen MR) is 84.3 cm³/mol. The molecule has 1 aliphatic heterocycles. The Kier molecular flexibility index (Phi) is 5.66. The summed E-state index contributed by atoms with van der Waals surface area (Å²) in [6, 6.07) is 6.43. The van der Waals surface area contributed by atoms with Gasteiger partial charge < -0.3 is 10.2 Å². The number of benzene rings is 1. The van der Waals surface area contributed by atoms with E-state index in [1.54, 1.807) is 23.1 Å². The molecule has 1 heterocycles. The van der Waals surface area contributed by atoms with Crippen LogP contribution in [0.1, 0.15) is 18.4 Å². The summed E-state index contributed by atoms with van der Waals surface area (Å²) in [4.78, 5) is 24.8. The zero-order valence-corrected chi connectivity index (χ0v) is 12.5. The van der Waals surface area contributed by atoms with Crippen LogP contribution in [0.15, 0.2) is 36.9 Å². The molecule has 118 valence electrons. The number of nitrogens with zero attached hydrogens (tertiary/aromatic N) is 2. The van der Waals surface area contributed by atoms with Gasteiger partial charge >= 0.3 is 0 Å². The van der Waals surface area contributed by atoms with Crippen molar-refractivity contribution in [2.24, 2.45) is 5.92 Å². The molecule has 0 aliphatic carbocycles. The number of non-ortho nitro benzene ring substituents is 1. The van der Waals surface area contributed by atoms with Gasteiger partial charge in [-0.05, 0) is 31.5 Å². The maximum absolute atomic E-state index is 12.6. The molecule has 0 atom stereocenters. The van der Waals surface area contributed by atoms with Gasteiger partial charge in [-0.2, -0.15) is 0 Å². The van der Waals surface area contributed by atoms with Crippen molar-refractivity contribution < 1.29 is 9.72 Å². The van der Waals surface area contributed by atoms with Crippen LogP contribution in [0.3, 0.4) is 0 Å². The van der Waals surface area contributed by atoms with Crippen molar-refractivity contribution in [3.8, 4) is 0 Å². The Labute approximate surface area is 130 Å². The van der Waals surface area contributed by atoms with E-state index in [1.807, 2.05) is 0 Å². The minimum absolute atomic E-state index is 0.0277. The van der Waals surface area contributed by atoms with Crippen LogP contribution in [0.5, 0.6) is 0 Å². The van der Waals surface area contributed by atoms with Gasteiger partial charge in [0, 0.05) is 31.1 Å². The number of rotatable bonds is 6. The lowest BCUT2D eigenvalue weighted by molar-refractivity contribution is -0.384. The molecule has 0 aromatic heterocycles. The summed E-state index contributed by atoms with van der Waals surface area (Å²) in [6.45, 7) is 6.23. The molecule has 0 spiro atoms. The zero-order chi connectivity index (χ0) is 15.9. The van der Waals surface area contributed by atoms with Gasteiger partial charge in [0.1, 0.15) is 0 Å². The molecular weight excluding hydrogens is 282 g/mol. The van der Waals surface area contributed by atoms with Gasteiger partial charge in [0.15, 0.2) is 0 Å². The standard InChI is InChI=1S/C16H21N3O3/c1-2-10-18(16(20)14-6-8-17-9-7-14)12-13-4-3-5-15(11-13)19(21)22/h2-5,11,14,17H,1,6-10,12H2. The van der Waals surface area contributed by atoms with E-state index in [0.29, 0.717) is 13.1 Å². The SMILES string of the molecule is C=CCN(Cc1cccc([N+](=O)[O-])c1)C(=O)C1CCNCC1. The monoisotopic (exact) mass is 303 g/mol. The average Bonchev–Trinajstić information content (AvgIpc) is 2.55. The summed E-state index contributed by atoms with van der Waals surface area (Å²) in [6.07, 6.45) is 3.36. The number of amides is 1. The summed E-state index contributed by atoms with van der Waals surface area (Å²) >= 11 is 0. The van der Waals surface area contributed by atoms with Gasteiger partial charge in [-0.3, -0.25) is 14.9 Å². The molecule has 1 aromatic rings. The first-order chi connectivity index (χ1) is 10.6. The second-order valence-corrected chi connectivity index (χ2v) is 5.46. The first-order valence-corrected chi connectivity index (χ1v) is 7.45. The number of carbonyl (C=O) groups excluding carboxylic acids is 1. The number of nitro benzene ring substituents is 1. The molecule has 22 heavy (non-hydrogen) atoms.